The first-order valence-electron chi connectivity index (χ1n) is 9.84. The summed E-state index contributed by atoms with van der Waals surface area (Å²) in [6.45, 7) is 3.44. The lowest BCUT2D eigenvalue weighted by Gasteiger charge is -2.24. The number of amides is 1. The van der Waals surface area contributed by atoms with E-state index >= 15 is 0 Å². The van der Waals surface area contributed by atoms with E-state index in [0.29, 0.717) is 11.4 Å². The summed E-state index contributed by atoms with van der Waals surface area (Å²) in [5, 5.41) is 2.80. The Balaban J connectivity index is 1.65. The molecule has 0 aliphatic heterocycles. The smallest absolute Gasteiger partial charge is 0.245 e. The van der Waals surface area contributed by atoms with Crippen molar-refractivity contribution in [3.63, 3.8) is 0 Å². The van der Waals surface area contributed by atoms with Crippen LogP contribution in [0.25, 0.3) is 0 Å². The van der Waals surface area contributed by atoms with E-state index in [1.165, 1.54) is 4.90 Å². The number of anilines is 2. The summed E-state index contributed by atoms with van der Waals surface area (Å²) in [5.74, 6) is 0.435. The Morgan fingerprint density at radius 2 is 1.65 bits per heavy atom. The van der Waals surface area contributed by atoms with E-state index in [1.807, 2.05) is 68.4 Å². The van der Waals surface area contributed by atoms with Crippen LogP contribution in [0.4, 0.5) is 11.4 Å². The lowest BCUT2D eigenvalue weighted by molar-refractivity contribution is -0.114. The number of nitrogens with one attached hydrogen (secondary N) is 1. The van der Waals surface area contributed by atoms with Gasteiger partial charge in [-0.2, -0.15) is 0 Å². The molecule has 7 heteroatoms. The standard InChI is InChI=1S/C24H26N2O3S2/c1-18-9-10-19(2)23(15-18)26(31(3,28)29)16-24(27)25-21-13-11-20(12-14-21)17-30-22-7-5-4-6-8-22/h4-15H,16-17H2,1-3H3,(H,25,27). The molecule has 1 amide bonds. The highest BCUT2D eigenvalue weighted by atomic mass is 32.2. The van der Waals surface area contributed by atoms with Gasteiger partial charge in [0.15, 0.2) is 0 Å². The Morgan fingerprint density at radius 1 is 0.968 bits per heavy atom. The third-order valence-electron chi connectivity index (χ3n) is 4.71. The summed E-state index contributed by atoms with van der Waals surface area (Å²) in [6, 6.07) is 23.3. The van der Waals surface area contributed by atoms with E-state index in [-0.39, 0.29) is 6.54 Å². The number of benzene rings is 3. The number of sulfonamides is 1. The Morgan fingerprint density at radius 3 is 2.29 bits per heavy atom. The van der Waals surface area contributed by atoms with Gasteiger partial charge in [0.1, 0.15) is 6.54 Å². The average Bonchev–Trinajstić information content (AvgIpc) is 2.73. The van der Waals surface area contributed by atoms with Gasteiger partial charge < -0.3 is 5.32 Å². The number of hydrogen-bond donors (Lipinski definition) is 1. The van der Waals surface area contributed by atoms with Crippen LogP contribution in [0.2, 0.25) is 0 Å². The molecule has 0 saturated carbocycles. The van der Waals surface area contributed by atoms with Crippen molar-refractivity contribution in [1.82, 2.24) is 0 Å². The van der Waals surface area contributed by atoms with Crippen molar-refractivity contribution in [2.45, 2.75) is 24.5 Å². The molecule has 0 aliphatic carbocycles. The van der Waals surface area contributed by atoms with E-state index in [0.717, 1.165) is 33.0 Å². The van der Waals surface area contributed by atoms with E-state index in [4.69, 9.17) is 0 Å². The van der Waals surface area contributed by atoms with Gasteiger partial charge in [-0.3, -0.25) is 9.10 Å². The minimum atomic E-state index is -3.62. The molecular formula is C24H26N2O3S2. The summed E-state index contributed by atoms with van der Waals surface area (Å²) < 4.78 is 25.9. The zero-order valence-corrected chi connectivity index (χ0v) is 19.5. The highest BCUT2D eigenvalue weighted by molar-refractivity contribution is 7.98. The lowest BCUT2D eigenvalue weighted by atomic mass is 10.1. The zero-order valence-electron chi connectivity index (χ0n) is 17.8. The maximum atomic E-state index is 12.6. The van der Waals surface area contributed by atoms with Crippen molar-refractivity contribution in [2.24, 2.45) is 0 Å². The Hall–Kier alpha value is -2.77. The fourth-order valence-electron chi connectivity index (χ4n) is 3.07. The molecule has 0 spiro atoms. The van der Waals surface area contributed by atoms with E-state index in [2.05, 4.69) is 17.4 Å². The van der Waals surface area contributed by atoms with Gasteiger partial charge >= 0.3 is 0 Å². The number of carbonyl (C=O) groups excluding carboxylic acids is 1. The topological polar surface area (TPSA) is 66.5 Å². The molecule has 162 valence electrons. The fraction of sp³-hybridized carbons (Fsp3) is 0.208. The first-order chi connectivity index (χ1) is 14.7. The molecular weight excluding hydrogens is 428 g/mol. The predicted octanol–water partition coefficient (Wildman–Crippen LogP) is 5.00. The maximum Gasteiger partial charge on any atom is 0.245 e. The third-order valence-corrected chi connectivity index (χ3v) is 6.92. The second-order valence-electron chi connectivity index (χ2n) is 7.41. The summed E-state index contributed by atoms with van der Waals surface area (Å²) in [5.41, 5.74) is 4.02. The minimum absolute atomic E-state index is 0.283. The maximum absolute atomic E-state index is 12.6. The molecule has 0 aliphatic rings. The van der Waals surface area contributed by atoms with Gasteiger partial charge in [0, 0.05) is 16.3 Å². The van der Waals surface area contributed by atoms with Gasteiger partial charge in [-0.15, -0.1) is 11.8 Å². The fourth-order valence-corrected chi connectivity index (χ4v) is 4.85. The van der Waals surface area contributed by atoms with Gasteiger partial charge in [-0.1, -0.05) is 42.5 Å². The molecule has 1 N–H and O–H groups in total. The van der Waals surface area contributed by atoms with E-state index < -0.39 is 15.9 Å². The Kier molecular flexibility index (Phi) is 7.41. The van der Waals surface area contributed by atoms with Gasteiger partial charge in [0.25, 0.3) is 0 Å². The predicted molar refractivity (Wildman–Crippen MR) is 129 cm³/mol. The molecule has 5 nitrogen and oxygen atoms in total. The first kappa shape index (κ1) is 22.9. The molecule has 3 aromatic carbocycles. The first-order valence-corrected chi connectivity index (χ1v) is 12.7. The lowest BCUT2D eigenvalue weighted by Crippen LogP contribution is -2.37. The number of hydrogen-bond acceptors (Lipinski definition) is 4. The quantitative estimate of drug-likeness (QED) is 0.487. The van der Waals surface area contributed by atoms with Crippen LogP contribution in [0.3, 0.4) is 0 Å². The number of thioether (sulfide) groups is 1. The van der Waals surface area contributed by atoms with Gasteiger partial charge in [-0.05, 0) is 60.9 Å². The summed E-state index contributed by atoms with van der Waals surface area (Å²) >= 11 is 1.74. The van der Waals surface area contributed by atoms with Crippen molar-refractivity contribution < 1.29 is 13.2 Å². The van der Waals surface area contributed by atoms with Crippen LogP contribution in [0.15, 0.2) is 77.7 Å². The summed E-state index contributed by atoms with van der Waals surface area (Å²) in [7, 11) is -3.62. The van der Waals surface area contributed by atoms with Gasteiger partial charge in [0.05, 0.1) is 11.9 Å². The van der Waals surface area contributed by atoms with Crippen molar-refractivity contribution in [1.29, 1.82) is 0 Å². The second kappa shape index (κ2) is 10.0. The van der Waals surface area contributed by atoms with Crippen LogP contribution in [0.5, 0.6) is 0 Å². The van der Waals surface area contributed by atoms with Crippen LogP contribution in [0, 0.1) is 13.8 Å². The van der Waals surface area contributed by atoms with Crippen LogP contribution < -0.4 is 9.62 Å². The van der Waals surface area contributed by atoms with Crippen LogP contribution in [-0.2, 0) is 20.6 Å². The normalized spacial score (nSPS) is 11.2. The van der Waals surface area contributed by atoms with Crippen molar-refractivity contribution in [2.75, 3.05) is 22.4 Å². The Bertz CT molecular complexity index is 1150. The van der Waals surface area contributed by atoms with Crippen molar-refractivity contribution >= 4 is 39.1 Å². The molecule has 0 saturated heterocycles. The molecule has 0 atom stereocenters. The number of aryl methyl sites for hydroxylation is 2. The number of carbonyl (C=O) groups is 1. The molecule has 0 radical (unpaired) electrons. The molecule has 0 aromatic heterocycles. The molecule has 0 heterocycles. The van der Waals surface area contributed by atoms with Crippen LogP contribution in [0.1, 0.15) is 16.7 Å². The van der Waals surface area contributed by atoms with E-state index in [9.17, 15) is 13.2 Å². The molecule has 3 aromatic rings. The van der Waals surface area contributed by atoms with Crippen molar-refractivity contribution in [3.05, 3.63) is 89.5 Å². The van der Waals surface area contributed by atoms with Crippen molar-refractivity contribution in [3.8, 4) is 0 Å². The van der Waals surface area contributed by atoms with E-state index in [1.54, 1.807) is 17.8 Å². The molecule has 0 fully saturated rings. The highest BCUT2D eigenvalue weighted by Crippen LogP contribution is 2.25. The van der Waals surface area contributed by atoms with Crippen LogP contribution in [-0.4, -0.2) is 27.1 Å². The minimum Gasteiger partial charge on any atom is -0.325 e. The molecule has 0 bridgehead atoms. The average molecular weight is 455 g/mol. The highest BCUT2D eigenvalue weighted by Gasteiger charge is 2.22. The number of nitrogens with zero attached hydrogens (tertiary/aromatic N) is 1. The SMILES string of the molecule is Cc1ccc(C)c(N(CC(=O)Nc2ccc(CSc3ccccc3)cc2)S(C)(=O)=O)c1. The summed E-state index contributed by atoms with van der Waals surface area (Å²) in [6.07, 6.45) is 1.11. The van der Waals surface area contributed by atoms with Crippen LogP contribution >= 0.6 is 11.8 Å². The largest absolute Gasteiger partial charge is 0.325 e. The number of rotatable bonds is 8. The van der Waals surface area contributed by atoms with Gasteiger partial charge in [-0.25, -0.2) is 8.42 Å². The molecule has 31 heavy (non-hydrogen) atoms. The Labute approximate surface area is 188 Å². The molecule has 3 rings (SSSR count). The summed E-state index contributed by atoms with van der Waals surface area (Å²) in [4.78, 5) is 13.8. The van der Waals surface area contributed by atoms with Gasteiger partial charge in [0.2, 0.25) is 15.9 Å². The second-order valence-corrected chi connectivity index (χ2v) is 10.4. The zero-order chi connectivity index (χ0) is 22.4. The third kappa shape index (κ3) is 6.60. The monoisotopic (exact) mass is 454 g/mol. The molecule has 0 unspecified atom stereocenters.